The highest BCUT2D eigenvalue weighted by Crippen LogP contribution is 2.31. The Kier molecular flexibility index (Phi) is 3.69. The van der Waals surface area contributed by atoms with Crippen LogP contribution in [0.2, 0.25) is 0 Å². The first kappa shape index (κ1) is 11.7. The van der Waals surface area contributed by atoms with E-state index in [0.29, 0.717) is 5.69 Å². The molecule has 0 saturated carbocycles. The molecule has 88 valence electrons. The first-order chi connectivity index (χ1) is 7.70. The molecule has 1 atom stereocenters. The van der Waals surface area contributed by atoms with Crippen molar-refractivity contribution in [3.63, 3.8) is 0 Å². The number of rotatable bonds is 3. The zero-order valence-corrected chi connectivity index (χ0v) is 11.2. The van der Waals surface area contributed by atoms with Gasteiger partial charge < -0.3 is 10.6 Å². The number of pyridine rings is 1. The fraction of sp³-hybridized carbons (Fsp3) is 0.583. The molecule has 4 heteroatoms. The number of nitrogens with two attached hydrogens (primary N) is 1. The molecule has 3 nitrogen and oxygen atoms in total. The van der Waals surface area contributed by atoms with E-state index >= 15 is 0 Å². The number of aromatic nitrogens is 1. The fourth-order valence-electron chi connectivity index (χ4n) is 2.35. The van der Waals surface area contributed by atoms with E-state index in [2.05, 4.69) is 32.7 Å². The summed E-state index contributed by atoms with van der Waals surface area (Å²) in [5.74, 6) is 1.86. The van der Waals surface area contributed by atoms with E-state index in [1.54, 1.807) is 6.20 Å². The summed E-state index contributed by atoms with van der Waals surface area (Å²) in [5, 5.41) is 0. The molecule has 16 heavy (non-hydrogen) atoms. The van der Waals surface area contributed by atoms with E-state index in [-0.39, 0.29) is 0 Å². The Bertz CT molecular complexity index is 367. The van der Waals surface area contributed by atoms with Crippen molar-refractivity contribution in [2.45, 2.75) is 26.2 Å². The van der Waals surface area contributed by atoms with E-state index in [1.165, 1.54) is 19.3 Å². The van der Waals surface area contributed by atoms with Crippen LogP contribution in [-0.4, -0.2) is 18.1 Å². The minimum absolute atomic E-state index is 0.708. The molecule has 1 aromatic rings. The lowest BCUT2D eigenvalue weighted by atomic mass is 10.0. The van der Waals surface area contributed by atoms with Crippen LogP contribution in [-0.2, 0) is 0 Å². The molecule has 0 aromatic carbocycles. The van der Waals surface area contributed by atoms with Gasteiger partial charge in [0.25, 0.3) is 0 Å². The Morgan fingerprint density at radius 3 is 3.12 bits per heavy atom. The van der Waals surface area contributed by atoms with Gasteiger partial charge in [-0.25, -0.2) is 4.98 Å². The van der Waals surface area contributed by atoms with Gasteiger partial charge in [0.15, 0.2) is 0 Å². The number of anilines is 2. The summed E-state index contributed by atoms with van der Waals surface area (Å²) in [5.41, 5.74) is 6.40. The van der Waals surface area contributed by atoms with Crippen LogP contribution in [0, 0.1) is 5.92 Å². The molecule has 0 amide bonds. The van der Waals surface area contributed by atoms with Crippen molar-refractivity contribution >= 4 is 27.4 Å². The molecule has 0 bridgehead atoms. The first-order valence-corrected chi connectivity index (χ1v) is 6.66. The standard InChI is InChI=1S/C12H18BrN3/c1-2-3-9-4-5-16(8-9)12-11(13)6-10(14)7-15-12/h6-7,9H,2-5,8,14H2,1H3. The van der Waals surface area contributed by atoms with Crippen molar-refractivity contribution in [3.05, 3.63) is 16.7 Å². The minimum Gasteiger partial charge on any atom is -0.397 e. The van der Waals surface area contributed by atoms with E-state index < -0.39 is 0 Å². The highest BCUT2D eigenvalue weighted by molar-refractivity contribution is 9.10. The van der Waals surface area contributed by atoms with Crippen molar-refractivity contribution < 1.29 is 0 Å². The van der Waals surface area contributed by atoms with Crippen LogP contribution in [0.25, 0.3) is 0 Å². The maximum atomic E-state index is 5.69. The van der Waals surface area contributed by atoms with Crippen molar-refractivity contribution in [1.29, 1.82) is 0 Å². The number of halogens is 1. The van der Waals surface area contributed by atoms with Gasteiger partial charge >= 0.3 is 0 Å². The lowest BCUT2D eigenvalue weighted by molar-refractivity contribution is 0.529. The van der Waals surface area contributed by atoms with Gasteiger partial charge in [-0.1, -0.05) is 13.3 Å². The second kappa shape index (κ2) is 5.04. The highest BCUT2D eigenvalue weighted by atomic mass is 79.9. The molecule has 1 saturated heterocycles. The number of nitrogen functional groups attached to an aromatic ring is 1. The van der Waals surface area contributed by atoms with Crippen LogP contribution in [0.3, 0.4) is 0 Å². The zero-order valence-electron chi connectivity index (χ0n) is 9.62. The third-order valence-electron chi connectivity index (χ3n) is 3.13. The fourth-order valence-corrected chi connectivity index (χ4v) is 2.96. The van der Waals surface area contributed by atoms with Crippen molar-refractivity contribution in [1.82, 2.24) is 4.98 Å². The molecule has 1 fully saturated rings. The summed E-state index contributed by atoms with van der Waals surface area (Å²) in [4.78, 5) is 6.76. The third kappa shape index (κ3) is 2.48. The lowest BCUT2D eigenvalue weighted by Gasteiger charge is -2.19. The molecular formula is C12H18BrN3. The smallest absolute Gasteiger partial charge is 0.143 e. The molecule has 0 aliphatic carbocycles. The monoisotopic (exact) mass is 283 g/mol. The number of hydrogen-bond acceptors (Lipinski definition) is 3. The molecule has 1 aliphatic rings. The molecule has 2 N–H and O–H groups in total. The van der Waals surface area contributed by atoms with Gasteiger partial charge in [0, 0.05) is 13.1 Å². The summed E-state index contributed by atoms with van der Waals surface area (Å²) in [6, 6.07) is 1.93. The summed E-state index contributed by atoms with van der Waals surface area (Å²) < 4.78 is 1.00. The predicted molar refractivity (Wildman–Crippen MR) is 71.6 cm³/mol. The van der Waals surface area contributed by atoms with E-state index in [1.807, 2.05) is 6.07 Å². The van der Waals surface area contributed by atoms with Crippen molar-refractivity contribution in [3.8, 4) is 0 Å². The maximum absolute atomic E-state index is 5.69. The molecular weight excluding hydrogens is 266 g/mol. The molecule has 1 aromatic heterocycles. The van der Waals surface area contributed by atoms with E-state index in [9.17, 15) is 0 Å². The number of nitrogens with zero attached hydrogens (tertiary/aromatic N) is 2. The van der Waals surface area contributed by atoms with E-state index in [4.69, 9.17) is 5.73 Å². The Labute approximate surface area is 105 Å². The van der Waals surface area contributed by atoms with Crippen LogP contribution in [0.5, 0.6) is 0 Å². The molecule has 1 unspecified atom stereocenters. The molecule has 2 heterocycles. The maximum Gasteiger partial charge on any atom is 0.143 e. The summed E-state index contributed by atoms with van der Waals surface area (Å²) in [6.45, 7) is 4.49. The third-order valence-corrected chi connectivity index (χ3v) is 3.71. The van der Waals surface area contributed by atoms with Gasteiger partial charge in [-0.15, -0.1) is 0 Å². The van der Waals surface area contributed by atoms with Gasteiger partial charge in [0.2, 0.25) is 0 Å². The van der Waals surface area contributed by atoms with Crippen LogP contribution >= 0.6 is 15.9 Å². The Morgan fingerprint density at radius 2 is 2.44 bits per heavy atom. The second-order valence-electron chi connectivity index (χ2n) is 4.46. The first-order valence-electron chi connectivity index (χ1n) is 5.86. The van der Waals surface area contributed by atoms with Gasteiger partial charge in [-0.3, -0.25) is 0 Å². The van der Waals surface area contributed by atoms with Crippen LogP contribution in [0.4, 0.5) is 11.5 Å². The normalized spacial score (nSPS) is 20.4. The Balaban J connectivity index is 2.08. The summed E-state index contributed by atoms with van der Waals surface area (Å²) in [7, 11) is 0. The van der Waals surface area contributed by atoms with Gasteiger partial charge in [-0.2, -0.15) is 0 Å². The molecule has 0 radical (unpaired) electrons. The van der Waals surface area contributed by atoms with E-state index in [0.717, 1.165) is 29.3 Å². The quantitative estimate of drug-likeness (QED) is 0.927. The van der Waals surface area contributed by atoms with Crippen LogP contribution < -0.4 is 10.6 Å². The van der Waals surface area contributed by atoms with Crippen LogP contribution in [0.1, 0.15) is 26.2 Å². The summed E-state index contributed by atoms with van der Waals surface area (Å²) >= 11 is 3.53. The SMILES string of the molecule is CCCC1CCN(c2ncc(N)cc2Br)C1. The lowest BCUT2D eigenvalue weighted by Crippen LogP contribution is -2.21. The largest absolute Gasteiger partial charge is 0.397 e. The van der Waals surface area contributed by atoms with Gasteiger partial charge in [0.1, 0.15) is 5.82 Å². The van der Waals surface area contributed by atoms with Crippen molar-refractivity contribution in [2.24, 2.45) is 5.92 Å². The number of hydrogen-bond donors (Lipinski definition) is 1. The Morgan fingerprint density at radius 1 is 1.62 bits per heavy atom. The van der Waals surface area contributed by atoms with Gasteiger partial charge in [0.05, 0.1) is 16.4 Å². The highest BCUT2D eigenvalue weighted by Gasteiger charge is 2.23. The summed E-state index contributed by atoms with van der Waals surface area (Å²) in [6.07, 6.45) is 5.61. The van der Waals surface area contributed by atoms with Crippen molar-refractivity contribution in [2.75, 3.05) is 23.7 Å². The van der Waals surface area contributed by atoms with Crippen LogP contribution in [0.15, 0.2) is 16.7 Å². The average molecular weight is 284 g/mol. The topological polar surface area (TPSA) is 42.2 Å². The average Bonchev–Trinajstić information content (AvgIpc) is 2.67. The molecule has 1 aliphatic heterocycles. The van der Waals surface area contributed by atoms with Gasteiger partial charge in [-0.05, 0) is 40.8 Å². The molecule has 0 spiro atoms. The predicted octanol–water partition coefficient (Wildman–Crippen LogP) is 3.05. The Hall–Kier alpha value is -0.770. The minimum atomic E-state index is 0.708. The molecule has 2 rings (SSSR count). The second-order valence-corrected chi connectivity index (χ2v) is 5.32. The zero-order chi connectivity index (χ0) is 11.5.